The van der Waals surface area contributed by atoms with Gasteiger partial charge in [0.25, 0.3) is 0 Å². The summed E-state index contributed by atoms with van der Waals surface area (Å²) in [7, 11) is -3.70. The van der Waals surface area contributed by atoms with Gasteiger partial charge in [0.15, 0.2) is 0 Å². The average Bonchev–Trinajstić information content (AvgIpc) is 2.37. The van der Waals surface area contributed by atoms with Crippen LogP contribution in [0.3, 0.4) is 0 Å². The van der Waals surface area contributed by atoms with E-state index in [0.717, 1.165) is 0 Å². The zero-order chi connectivity index (χ0) is 16.0. The van der Waals surface area contributed by atoms with Crippen molar-refractivity contribution in [2.45, 2.75) is 38.1 Å². The van der Waals surface area contributed by atoms with E-state index < -0.39 is 10.0 Å². The second-order valence-corrected chi connectivity index (χ2v) is 7.39. The van der Waals surface area contributed by atoms with Gasteiger partial charge in [-0.15, -0.1) is 0 Å². The van der Waals surface area contributed by atoms with Gasteiger partial charge in [-0.25, -0.2) is 8.42 Å². The van der Waals surface area contributed by atoms with Crippen LogP contribution in [-0.2, 0) is 14.8 Å². The Labute approximate surface area is 131 Å². The average molecular weight is 333 g/mol. The molecule has 0 radical (unpaired) electrons. The zero-order valence-electron chi connectivity index (χ0n) is 12.5. The standard InChI is InChI=1S/C14H21ClN2O3S/c1-4-9-17(10-14(18)16-11(2)3)21(19,20)13-7-5-12(15)6-8-13/h5-8,11H,4,9-10H2,1-3H3,(H,16,18). The first kappa shape index (κ1) is 17.9. The summed E-state index contributed by atoms with van der Waals surface area (Å²) >= 11 is 5.77. The van der Waals surface area contributed by atoms with Crippen molar-refractivity contribution in [3.63, 3.8) is 0 Å². The monoisotopic (exact) mass is 332 g/mol. The number of halogens is 1. The predicted molar refractivity (Wildman–Crippen MR) is 83.8 cm³/mol. The largest absolute Gasteiger partial charge is 0.353 e. The normalized spacial score (nSPS) is 11.9. The van der Waals surface area contributed by atoms with Gasteiger partial charge < -0.3 is 5.32 Å². The second kappa shape index (κ2) is 7.77. The Morgan fingerprint density at radius 1 is 1.29 bits per heavy atom. The van der Waals surface area contributed by atoms with Gasteiger partial charge in [0.2, 0.25) is 15.9 Å². The van der Waals surface area contributed by atoms with Crippen LogP contribution >= 0.6 is 11.6 Å². The molecule has 0 atom stereocenters. The Morgan fingerprint density at radius 3 is 2.33 bits per heavy atom. The Bertz CT molecular complexity index is 570. The maximum absolute atomic E-state index is 12.6. The third-order valence-electron chi connectivity index (χ3n) is 2.69. The number of nitrogens with one attached hydrogen (secondary N) is 1. The third kappa shape index (κ3) is 5.30. The molecule has 1 rings (SSSR count). The predicted octanol–water partition coefficient (Wildman–Crippen LogP) is 2.27. The van der Waals surface area contributed by atoms with E-state index in [4.69, 9.17) is 11.6 Å². The molecule has 0 saturated carbocycles. The molecule has 5 nitrogen and oxygen atoms in total. The van der Waals surface area contributed by atoms with Gasteiger partial charge >= 0.3 is 0 Å². The molecule has 0 aliphatic heterocycles. The molecule has 1 N–H and O–H groups in total. The molecule has 0 bridgehead atoms. The fourth-order valence-corrected chi connectivity index (χ4v) is 3.43. The van der Waals surface area contributed by atoms with Crippen LogP contribution in [0.5, 0.6) is 0 Å². The first-order valence-electron chi connectivity index (χ1n) is 6.82. The maximum atomic E-state index is 12.6. The van der Waals surface area contributed by atoms with Crippen LogP contribution in [0.1, 0.15) is 27.2 Å². The summed E-state index contributed by atoms with van der Waals surface area (Å²) in [5.74, 6) is -0.309. The zero-order valence-corrected chi connectivity index (χ0v) is 14.0. The number of hydrogen-bond donors (Lipinski definition) is 1. The van der Waals surface area contributed by atoms with Gasteiger partial charge in [0.05, 0.1) is 11.4 Å². The summed E-state index contributed by atoms with van der Waals surface area (Å²) in [6.07, 6.45) is 0.627. The molecule has 118 valence electrons. The molecule has 0 spiro atoms. The molecule has 0 aliphatic rings. The number of nitrogens with zero attached hydrogens (tertiary/aromatic N) is 1. The van der Waals surface area contributed by atoms with Crippen molar-refractivity contribution in [1.82, 2.24) is 9.62 Å². The molecule has 0 aromatic heterocycles. The Kier molecular flexibility index (Phi) is 6.64. The molecule has 21 heavy (non-hydrogen) atoms. The molecule has 7 heteroatoms. The summed E-state index contributed by atoms with van der Waals surface area (Å²) < 4.78 is 26.3. The minimum absolute atomic E-state index is 0.0285. The van der Waals surface area contributed by atoms with Crippen molar-refractivity contribution in [3.05, 3.63) is 29.3 Å². The van der Waals surface area contributed by atoms with E-state index in [1.54, 1.807) is 0 Å². The second-order valence-electron chi connectivity index (χ2n) is 5.01. The first-order chi connectivity index (χ1) is 9.77. The molecule has 1 aromatic rings. The molecule has 0 fully saturated rings. The lowest BCUT2D eigenvalue weighted by molar-refractivity contribution is -0.121. The van der Waals surface area contributed by atoms with Crippen molar-refractivity contribution in [2.75, 3.05) is 13.1 Å². The minimum Gasteiger partial charge on any atom is -0.353 e. The summed E-state index contributed by atoms with van der Waals surface area (Å²) in [6, 6.07) is 5.90. The van der Waals surface area contributed by atoms with Gasteiger partial charge in [0, 0.05) is 17.6 Å². The van der Waals surface area contributed by atoms with E-state index >= 15 is 0 Å². The van der Waals surface area contributed by atoms with Crippen LogP contribution in [0.4, 0.5) is 0 Å². The van der Waals surface area contributed by atoms with Crippen LogP contribution < -0.4 is 5.32 Å². The Morgan fingerprint density at radius 2 is 1.86 bits per heavy atom. The molecule has 0 saturated heterocycles. The van der Waals surface area contributed by atoms with E-state index in [-0.39, 0.29) is 29.9 Å². The van der Waals surface area contributed by atoms with Gasteiger partial charge in [-0.3, -0.25) is 4.79 Å². The van der Waals surface area contributed by atoms with E-state index in [2.05, 4.69) is 5.32 Å². The number of benzene rings is 1. The van der Waals surface area contributed by atoms with E-state index in [1.165, 1.54) is 28.6 Å². The van der Waals surface area contributed by atoms with Crippen LogP contribution in [0.2, 0.25) is 5.02 Å². The molecule has 0 aliphatic carbocycles. The topological polar surface area (TPSA) is 66.5 Å². The smallest absolute Gasteiger partial charge is 0.243 e. The van der Waals surface area contributed by atoms with E-state index in [9.17, 15) is 13.2 Å². The highest BCUT2D eigenvalue weighted by Crippen LogP contribution is 2.18. The fourth-order valence-electron chi connectivity index (χ4n) is 1.82. The number of hydrogen-bond acceptors (Lipinski definition) is 3. The molecule has 0 heterocycles. The summed E-state index contributed by atoms with van der Waals surface area (Å²) in [5, 5.41) is 3.16. The van der Waals surface area contributed by atoms with Crippen molar-refractivity contribution in [2.24, 2.45) is 0 Å². The highest BCUT2D eigenvalue weighted by Gasteiger charge is 2.25. The number of sulfonamides is 1. The third-order valence-corrected chi connectivity index (χ3v) is 4.81. The minimum atomic E-state index is -3.70. The van der Waals surface area contributed by atoms with Crippen LogP contribution in [0.25, 0.3) is 0 Å². The molecule has 1 amide bonds. The summed E-state index contributed by atoms with van der Waals surface area (Å²) in [5.41, 5.74) is 0. The number of carbonyl (C=O) groups excluding carboxylic acids is 1. The van der Waals surface area contributed by atoms with Crippen molar-refractivity contribution in [3.8, 4) is 0 Å². The lowest BCUT2D eigenvalue weighted by Gasteiger charge is -2.21. The molecular weight excluding hydrogens is 312 g/mol. The van der Waals surface area contributed by atoms with Gasteiger partial charge in [-0.1, -0.05) is 18.5 Å². The van der Waals surface area contributed by atoms with Crippen molar-refractivity contribution in [1.29, 1.82) is 0 Å². The van der Waals surface area contributed by atoms with Crippen molar-refractivity contribution < 1.29 is 13.2 Å². The molecular formula is C14H21ClN2O3S. The highest BCUT2D eigenvalue weighted by molar-refractivity contribution is 7.89. The Hall–Kier alpha value is -1.11. The Balaban J connectivity index is 2.97. The van der Waals surface area contributed by atoms with E-state index in [1.807, 2.05) is 20.8 Å². The van der Waals surface area contributed by atoms with Crippen LogP contribution in [0, 0.1) is 0 Å². The van der Waals surface area contributed by atoms with E-state index in [0.29, 0.717) is 11.4 Å². The number of amides is 1. The molecule has 1 aromatic carbocycles. The number of carbonyl (C=O) groups is 1. The molecule has 0 unspecified atom stereocenters. The highest BCUT2D eigenvalue weighted by atomic mass is 35.5. The SMILES string of the molecule is CCCN(CC(=O)NC(C)C)S(=O)(=O)c1ccc(Cl)cc1. The maximum Gasteiger partial charge on any atom is 0.243 e. The van der Waals surface area contributed by atoms with Crippen molar-refractivity contribution >= 4 is 27.5 Å². The van der Waals surface area contributed by atoms with Crippen LogP contribution in [0.15, 0.2) is 29.2 Å². The van der Waals surface area contributed by atoms with Gasteiger partial charge in [0.1, 0.15) is 0 Å². The van der Waals surface area contributed by atoms with Gasteiger partial charge in [-0.2, -0.15) is 4.31 Å². The lowest BCUT2D eigenvalue weighted by Crippen LogP contribution is -2.43. The van der Waals surface area contributed by atoms with Crippen LogP contribution in [-0.4, -0.2) is 37.8 Å². The lowest BCUT2D eigenvalue weighted by atomic mass is 10.4. The fraction of sp³-hybridized carbons (Fsp3) is 0.500. The number of rotatable bonds is 7. The quantitative estimate of drug-likeness (QED) is 0.833. The summed E-state index contributed by atoms with van der Waals surface area (Å²) in [6.45, 7) is 5.63. The summed E-state index contributed by atoms with van der Waals surface area (Å²) in [4.78, 5) is 12.0. The first-order valence-corrected chi connectivity index (χ1v) is 8.64. The van der Waals surface area contributed by atoms with Gasteiger partial charge in [-0.05, 0) is 44.5 Å².